The van der Waals surface area contributed by atoms with Gasteiger partial charge in [0.2, 0.25) is 0 Å². The molecule has 30 heavy (non-hydrogen) atoms. The van der Waals surface area contributed by atoms with E-state index in [1.807, 2.05) is 85.8 Å². The van der Waals surface area contributed by atoms with Crippen molar-refractivity contribution in [1.29, 1.82) is 0 Å². The fourth-order valence-electron chi connectivity index (χ4n) is 2.80. The number of carbonyl (C=O) groups is 1. The molecule has 0 spiro atoms. The summed E-state index contributed by atoms with van der Waals surface area (Å²) in [7, 11) is 0. The number of para-hydroxylation sites is 1. The SMILES string of the molecule is CCC(Nc1ccc(Br)cc1)C(=O)NN=Cc1ccccc1OCc1ccccc1. The first-order valence-corrected chi connectivity index (χ1v) is 10.6. The second-order valence-electron chi connectivity index (χ2n) is 6.66. The Kier molecular flexibility index (Phi) is 8.03. The average molecular weight is 466 g/mol. The number of rotatable bonds is 9. The third kappa shape index (κ3) is 6.46. The van der Waals surface area contributed by atoms with E-state index in [9.17, 15) is 4.79 Å². The van der Waals surface area contributed by atoms with Gasteiger partial charge in [-0.3, -0.25) is 4.79 Å². The number of nitrogens with one attached hydrogen (secondary N) is 2. The number of hydrazone groups is 1. The largest absolute Gasteiger partial charge is 0.488 e. The number of amides is 1. The number of benzene rings is 3. The Balaban J connectivity index is 1.58. The number of carbonyl (C=O) groups excluding carboxylic acids is 1. The molecule has 3 rings (SSSR count). The number of hydrogen-bond donors (Lipinski definition) is 2. The van der Waals surface area contributed by atoms with Crippen LogP contribution in [-0.4, -0.2) is 18.2 Å². The van der Waals surface area contributed by atoms with Crippen LogP contribution in [0.5, 0.6) is 5.75 Å². The zero-order valence-corrected chi connectivity index (χ0v) is 18.3. The molecule has 0 saturated carbocycles. The molecule has 0 saturated heterocycles. The Morgan fingerprint density at radius 3 is 2.47 bits per heavy atom. The molecule has 0 heterocycles. The highest BCUT2D eigenvalue weighted by molar-refractivity contribution is 9.10. The van der Waals surface area contributed by atoms with Crippen molar-refractivity contribution in [2.75, 3.05) is 5.32 Å². The van der Waals surface area contributed by atoms with Gasteiger partial charge >= 0.3 is 0 Å². The lowest BCUT2D eigenvalue weighted by Crippen LogP contribution is -2.36. The van der Waals surface area contributed by atoms with Crippen LogP contribution < -0.4 is 15.5 Å². The summed E-state index contributed by atoms with van der Waals surface area (Å²) in [5.74, 6) is 0.513. The lowest BCUT2D eigenvalue weighted by molar-refractivity contribution is -0.121. The van der Waals surface area contributed by atoms with E-state index in [0.717, 1.165) is 21.3 Å². The fraction of sp³-hybridized carbons (Fsp3) is 0.167. The maximum absolute atomic E-state index is 12.5. The minimum atomic E-state index is -0.382. The number of anilines is 1. The molecule has 5 nitrogen and oxygen atoms in total. The second kappa shape index (κ2) is 11.2. The minimum absolute atomic E-state index is 0.195. The van der Waals surface area contributed by atoms with Crippen LogP contribution in [0.25, 0.3) is 0 Å². The van der Waals surface area contributed by atoms with Crippen molar-refractivity contribution in [3.63, 3.8) is 0 Å². The molecule has 1 atom stereocenters. The van der Waals surface area contributed by atoms with E-state index >= 15 is 0 Å². The van der Waals surface area contributed by atoms with Crippen molar-refractivity contribution in [3.8, 4) is 5.75 Å². The number of halogens is 1. The summed E-state index contributed by atoms with van der Waals surface area (Å²) in [6, 6.07) is 24.9. The van der Waals surface area contributed by atoms with E-state index in [4.69, 9.17) is 4.74 Å². The van der Waals surface area contributed by atoms with Gasteiger partial charge in [-0.2, -0.15) is 5.10 Å². The van der Waals surface area contributed by atoms with Gasteiger partial charge in [0.05, 0.1) is 6.21 Å². The molecule has 1 unspecified atom stereocenters. The van der Waals surface area contributed by atoms with Crippen molar-refractivity contribution >= 4 is 33.7 Å². The van der Waals surface area contributed by atoms with Crippen molar-refractivity contribution in [1.82, 2.24) is 5.43 Å². The van der Waals surface area contributed by atoms with E-state index in [0.29, 0.717) is 18.8 Å². The summed E-state index contributed by atoms with van der Waals surface area (Å²) in [4.78, 5) is 12.5. The highest BCUT2D eigenvalue weighted by atomic mass is 79.9. The van der Waals surface area contributed by atoms with Gasteiger partial charge < -0.3 is 10.1 Å². The van der Waals surface area contributed by atoms with Crippen LogP contribution in [0.4, 0.5) is 5.69 Å². The Morgan fingerprint density at radius 2 is 1.73 bits per heavy atom. The summed E-state index contributed by atoms with van der Waals surface area (Å²) in [5, 5.41) is 7.35. The molecule has 6 heteroatoms. The quantitative estimate of drug-likeness (QED) is 0.329. The van der Waals surface area contributed by atoms with Gasteiger partial charge in [-0.1, -0.05) is 65.3 Å². The Morgan fingerprint density at radius 1 is 1.03 bits per heavy atom. The first-order valence-electron chi connectivity index (χ1n) is 9.76. The molecule has 0 aliphatic heterocycles. The molecule has 154 valence electrons. The van der Waals surface area contributed by atoms with Gasteiger partial charge in [-0.25, -0.2) is 5.43 Å². The topological polar surface area (TPSA) is 62.7 Å². The fourth-order valence-corrected chi connectivity index (χ4v) is 3.06. The number of hydrogen-bond acceptors (Lipinski definition) is 4. The van der Waals surface area contributed by atoms with Gasteiger partial charge in [0.1, 0.15) is 18.4 Å². The summed E-state index contributed by atoms with van der Waals surface area (Å²) in [6.45, 7) is 2.42. The van der Waals surface area contributed by atoms with Gasteiger partial charge in [-0.05, 0) is 48.4 Å². The Bertz CT molecular complexity index is 975. The van der Waals surface area contributed by atoms with Crippen molar-refractivity contribution in [3.05, 3.63) is 94.5 Å². The molecular formula is C24H24BrN3O2. The minimum Gasteiger partial charge on any atom is -0.488 e. The van der Waals surface area contributed by atoms with E-state index in [1.54, 1.807) is 6.21 Å². The van der Waals surface area contributed by atoms with E-state index in [-0.39, 0.29) is 11.9 Å². The lowest BCUT2D eigenvalue weighted by atomic mass is 10.2. The van der Waals surface area contributed by atoms with Crippen LogP contribution in [-0.2, 0) is 11.4 Å². The molecule has 1 amide bonds. The molecule has 0 aliphatic carbocycles. The van der Waals surface area contributed by atoms with Gasteiger partial charge in [0, 0.05) is 15.7 Å². The van der Waals surface area contributed by atoms with Gasteiger partial charge in [0.25, 0.3) is 5.91 Å². The number of nitrogens with zero attached hydrogens (tertiary/aromatic N) is 1. The van der Waals surface area contributed by atoms with Crippen LogP contribution >= 0.6 is 15.9 Å². The van der Waals surface area contributed by atoms with Crippen molar-refractivity contribution in [2.45, 2.75) is 26.0 Å². The molecule has 0 aromatic heterocycles. The normalized spacial score (nSPS) is 11.8. The molecule has 0 aliphatic rings. The highest BCUT2D eigenvalue weighted by Crippen LogP contribution is 2.18. The Hall–Kier alpha value is -3.12. The second-order valence-corrected chi connectivity index (χ2v) is 7.57. The average Bonchev–Trinajstić information content (AvgIpc) is 2.78. The standard InChI is InChI=1S/C24H24BrN3O2/c1-2-22(27-21-14-12-20(25)13-15-21)24(29)28-26-16-19-10-6-7-11-23(19)30-17-18-8-4-3-5-9-18/h3-16,22,27H,2,17H2,1H3,(H,28,29). The summed E-state index contributed by atoms with van der Waals surface area (Å²) in [5.41, 5.74) is 5.38. The summed E-state index contributed by atoms with van der Waals surface area (Å²) in [6.07, 6.45) is 2.23. The van der Waals surface area contributed by atoms with Crippen LogP contribution in [0.3, 0.4) is 0 Å². The third-order valence-corrected chi connectivity index (χ3v) is 4.97. The summed E-state index contributed by atoms with van der Waals surface area (Å²) >= 11 is 3.41. The first-order chi connectivity index (χ1) is 14.7. The zero-order valence-electron chi connectivity index (χ0n) is 16.7. The maximum Gasteiger partial charge on any atom is 0.262 e. The van der Waals surface area contributed by atoms with Crippen LogP contribution in [0.2, 0.25) is 0 Å². The molecule has 0 radical (unpaired) electrons. The Labute approximate surface area is 185 Å². The van der Waals surface area contributed by atoms with Crippen molar-refractivity contribution in [2.24, 2.45) is 5.10 Å². The first kappa shape index (κ1) is 21.6. The van der Waals surface area contributed by atoms with E-state index in [2.05, 4.69) is 31.8 Å². The molecule has 2 N–H and O–H groups in total. The van der Waals surface area contributed by atoms with Crippen LogP contribution in [0.1, 0.15) is 24.5 Å². The maximum atomic E-state index is 12.5. The lowest BCUT2D eigenvalue weighted by Gasteiger charge is -2.16. The van der Waals surface area contributed by atoms with E-state index in [1.165, 1.54) is 0 Å². The zero-order chi connectivity index (χ0) is 21.2. The molecular weight excluding hydrogens is 442 g/mol. The highest BCUT2D eigenvalue weighted by Gasteiger charge is 2.15. The van der Waals surface area contributed by atoms with Crippen LogP contribution in [0.15, 0.2) is 88.4 Å². The van der Waals surface area contributed by atoms with Gasteiger partial charge in [0.15, 0.2) is 0 Å². The smallest absolute Gasteiger partial charge is 0.262 e. The predicted molar refractivity (Wildman–Crippen MR) is 125 cm³/mol. The van der Waals surface area contributed by atoms with Gasteiger partial charge in [-0.15, -0.1) is 0 Å². The molecule has 0 fully saturated rings. The molecule has 3 aromatic carbocycles. The number of ether oxygens (including phenoxy) is 1. The van der Waals surface area contributed by atoms with Crippen LogP contribution in [0, 0.1) is 0 Å². The van der Waals surface area contributed by atoms with E-state index < -0.39 is 0 Å². The molecule has 0 bridgehead atoms. The molecule has 3 aromatic rings. The van der Waals surface area contributed by atoms with Crippen molar-refractivity contribution < 1.29 is 9.53 Å². The third-order valence-electron chi connectivity index (χ3n) is 4.44. The monoisotopic (exact) mass is 465 g/mol. The summed E-state index contributed by atoms with van der Waals surface area (Å²) < 4.78 is 6.91. The predicted octanol–water partition coefficient (Wildman–Crippen LogP) is 5.37.